The van der Waals surface area contributed by atoms with Crippen molar-refractivity contribution in [1.82, 2.24) is 14.5 Å². The summed E-state index contributed by atoms with van der Waals surface area (Å²) < 4.78 is 53.7. The van der Waals surface area contributed by atoms with Crippen LogP contribution in [0.5, 0.6) is 17.4 Å². The number of furan rings is 1. The van der Waals surface area contributed by atoms with Gasteiger partial charge in [0.05, 0.1) is 44.2 Å². The first-order chi connectivity index (χ1) is 25.6. The van der Waals surface area contributed by atoms with Gasteiger partial charge in [-0.2, -0.15) is 0 Å². The molecule has 3 aromatic carbocycles. The third-order valence-electron chi connectivity index (χ3n) is 9.63. The third-order valence-corrected chi connectivity index (χ3v) is 11.0. The van der Waals surface area contributed by atoms with E-state index in [1.165, 1.54) is 30.7 Å². The highest BCUT2D eigenvalue weighted by Gasteiger charge is 2.43. The number of nitrogens with one attached hydrogen (secondary N) is 1. The van der Waals surface area contributed by atoms with Gasteiger partial charge in [-0.05, 0) is 55.2 Å². The number of amides is 2. The Morgan fingerprint density at radius 1 is 0.849 bits per heavy atom. The molecule has 2 aliphatic rings. The van der Waals surface area contributed by atoms with Crippen LogP contribution in [0.25, 0.3) is 0 Å². The Bertz CT molecular complexity index is 2060. The molecule has 0 saturated carbocycles. The normalized spacial score (nSPS) is 15.9. The summed E-state index contributed by atoms with van der Waals surface area (Å²) in [6.45, 7) is 5.07. The van der Waals surface area contributed by atoms with Gasteiger partial charge in [0, 0.05) is 50.9 Å². The molecule has 15 heteroatoms. The van der Waals surface area contributed by atoms with Crippen molar-refractivity contribution in [2.45, 2.75) is 36.9 Å². The number of sulfonamides is 1. The monoisotopic (exact) mass is 746 g/mol. The Morgan fingerprint density at radius 3 is 2.28 bits per heavy atom. The molecule has 1 fully saturated rings. The van der Waals surface area contributed by atoms with E-state index in [2.05, 4.69) is 38.3 Å². The summed E-state index contributed by atoms with van der Waals surface area (Å²) in [7, 11) is -0.0175. The number of anilines is 1. The average molecular weight is 747 g/mol. The zero-order valence-corrected chi connectivity index (χ0v) is 30.8. The zero-order valence-electron chi connectivity index (χ0n) is 29.9. The van der Waals surface area contributed by atoms with Crippen LogP contribution in [0.3, 0.4) is 0 Å². The van der Waals surface area contributed by atoms with E-state index in [4.69, 9.17) is 18.6 Å². The summed E-state index contributed by atoms with van der Waals surface area (Å²) in [5.41, 5.74) is 3.24. The van der Waals surface area contributed by atoms with Gasteiger partial charge < -0.3 is 28.3 Å². The van der Waals surface area contributed by atoms with Gasteiger partial charge in [-0.3, -0.25) is 19.4 Å². The molecule has 0 radical (unpaired) electrons. The van der Waals surface area contributed by atoms with Crippen LogP contribution in [0.1, 0.15) is 63.7 Å². The second-order valence-electron chi connectivity index (χ2n) is 12.6. The number of ether oxygens (including phenoxy) is 4. The topological polar surface area (TPSA) is 157 Å². The molecule has 2 amide bonds. The maximum Gasteiger partial charge on any atom is 0.516 e. The van der Waals surface area contributed by atoms with Crippen molar-refractivity contribution in [2.75, 3.05) is 59.0 Å². The summed E-state index contributed by atoms with van der Waals surface area (Å²) in [6.07, 6.45) is -0.621. The molecule has 0 bridgehead atoms. The lowest BCUT2D eigenvalue weighted by Crippen LogP contribution is -2.47. The lowest BCUT2D eigenvalue weighted by molar-refractivity contribution is 0.0572. The number of rotatable bonds is 14. The molecule has 2 unspecified atom stereocenters. The molecule has 14 nitrogen and oxygen atoms in total. The number of hydrogen-bond donors (Lipinski definition) is 1. The fourth-order valence-corrected chi connectivity index (χ4v) is 7.82. The van der Waals surface area contributed by atoms with E-state index in [0.717, 1.165) is 26.3 Å². The molecule has 6 rings (SSSR count). The molecule has 2 atom stereocenters. The lowest BCUT2D eigenvalue weighted by atomic mass is 9.99. The van der Waals surface area contributed by atoms with Crippen LogP contribution in [0, 0.1) is 0 Å². The third kappa shape index (κ3) is 7.87. The van der Waals surface area contributed by atoms with E-state index < -0.39 is 39.1 Å². The van der Waals surface area contributed by atoms with Gasteiger partial charge >= 0.3 is 6.16 Å². The number of piperazine rings is 1. The molecule has 280 valence electrons. The number of nitrogens with zero attached hydrogens (tertiary/aromatic N) is 3. The zero-order chi connectivity index (χ0) is 37.7. The minimum absolute atomic E-state index is 0.0554. The van der Waals surface area contributed by atoms with Crippen LogP contribution < -0.4 is 23.8 Å². The summed E-state index contributed by atoms with van der Waals surface area (Å²) in [5, 5.41) is -0.462. The van der Waals surface area contributed by atoms with Crippen LogP contribution >= 0.6 is 0 Å². The Balaban J connectivity index is 1.21. The second-order valence-corrected chi connectivity index (χ2v) is 14.3. The Labute approximate surface area is 308 Å². The molecule has 53 heavy (non-hydrogen) atoms. The quantitative estimate of drug-likeness (QED) is 0.0995. The smallest absolute Gasteiger partial charge is 0.493 e. The number of methoxy groups -OCH3 is 3. The molecule has 1 N–H and O–H groups in total. The number of benzene rings is 3. The highest BCUT2D eigenvalue weighted by molar-refractivity contribution is 7.89. The maximum absolute atomic E-state index is 14.4. The number of fused-ring (bicyclic) bond motifs is 1. The Hall–Kier alpha value is -5.38. The van der Waals surface area contributed by atoms with Crippen LogP contribution in [0.4, 0.5) is 10.5 Å². The fraction of sp³-hybridized carbons (Fsp3) is 0.342. The fourth-order valence-electron chi connectivity index (χ4n) is 6.83. The van der Waals surface area contributed by atoms with Crippen LogP contribution in [-0.4, -0.2) is 90.2 Å². The number of carbonyl (C=O) groups excluding carboxylic acids is 3. The number of hydrogen-bond acceptors (Lipinski definition) is 12. The minimum Gasteiger partial charge on any atom is -0.493 e. The first-order valence-corrected chi connectivity index (χ1v) is 18.7. The lowest BCUT2D eigenvalue weighted by Gasteiger charge is -2.39. The van der Waals surface area contributed by atoms with Crippen LogP contribution in [0.2, 0.25) is 0 Å². The number of imide groups is 1. The largest absolute Gasteiger partial charge is 0.516 e. The van der Waals surface area contributed by atoms with E-state index in [1.54, 1.807) is 30.3 Å². The van der Waals surface area contributed by atoms with Gasteiger partial charge in [-0.15, -0.1) is 0 Å². The first kappa shape index (κ1) is 37.4. The molecule has 0 aliphatic carbocycles. The van der Waals surface area contributed by atoms with E-state index in [9.17, 15) is 22.8 Å². The van der Waals surface area contributed by atoms with Gasteiger partial charge in [-0.1, -0.05) is 42.5 Å². The summed E-state index contributed by atoms with van der Waals surface area (Å²) >= 11 is 0. The predicted molar refractivity (Wildman–Crippen MR) is 194 cm³/mol. The summed E-state index contributed by atoms with van der Waals surface area (Å²) in [4.78, 5) is 45.8. The molecule has 1 aromatic heterocycles. The van der Waals surface area contributed by atoms with Gasteiger partial charge in [0.1, 0.15) is 0 Å². The molecule has 1 saturated heterocycles. The minimum atomic E-state index is -4.13. The van der Waals surface area contributed by atoms with Crippen molar-refractivity contribution in [1.29, 1.82) is 0 Å². The Kier molecular flexibility index (Phi) is 11.4. The summed E-state index contributed by atoms with van der Waals surface area (Å²) in [5.74, 6) is -0.313. The van der Waals surface area contributed by atoms with Crippen LogP contribution in [-0.2, 0) is 14.8 Å². The molecule has 0 spiro atoms. The van der Waals surface area contributed by atoms with Crippen molar-refractivity contribution < 1.29 is 46.2 Å². The second kappa shape index (κ2) is 16.1. The van der Waals surface area contributed by atoms with Crippen molar-refractivity contribution in [2.24, 2.45) is 0 Å². The first-order valence-electron chi connectivity index (χ1n) is 17.2. The molecular formula is C38H42N4O10S. The highest BCUT2D eigenvalue weighted by atomic mass is 32.2. The average Bonchev–Trinajstić information content (AvgIpc) is 3.77. The molecule has 2 aliphatic heterocycles. The van der Waals surface area contributed by atoms with E-state index in [0.29, 0.717) is 47.0 Å². The summed E-state index contributed by atoms with van der Waals surface area (Å²) in [6, 6.07) is 22.7. The SMILES string of the molecule is COC(=O)Oc1ccc(S(=O)(=O)NCCCC(c2ccc(OC)c(OC)c2)N2C(=O)c3cccc(N4CCN(C(C)c5ccccc5)CC4)c3C2=O)o1. The van der Waals surface area contributed by atoms with Gasteiger partial charge in [-0.25, -0.2) is 17.9 Å². The van der Waals surface area contributed by atoms with Crippen molar-refractivity contribution >= 4 is 33.7 Å². The van der Waals surface area contributed by atoms with Gasteiger partial charge in [0.25, 0.3) is 27.8 Å². The van der Waals surface area contributed by atoms with Gasteiger partial charge in [0.2, 0.25) is 5.09 Å². The molecule has 3 heterocycles. The standard InChI is InChI=1S/C38H42N4O10S/c1-25(26-10-6-5-7-11-26)40-20-22-41(23-21-40)30-13-8-12-28-35(30)37(44)42(36(28)43)29(27-15-16-31(48-2)32(24-27)49-3)14-9-19-39-53(46,47)34-18-17-33(51-34)52-38(45)50-4/h5-8,10-13,15-18,24-25,29,39H,9,14,19-23H2,1-4H3. The van der Waals surface area contributed by atoms with E-state index >= 15 is 0 Å². The van der Waals surface area contributed by atoms with Gasteiger partial charge in [0.15, 0.2) is 11.5 Å². The van der Waals surface area contributed by atoms with E-state index in [-0.39, 0.29) is 31.4 Å². The highest BCUT2D eigenvalue weighted by Crippen LogP contribution is 2.41. The molecule has 4 aromatic rings. The molecular weight excluding hydrogens is 705 g/mol. The van der Waals surface area contributed by atoms with Crippen molar-refractivity contribution in [3.8, 4) is 17.4 Å². The van der Waals surface area contributed by atoms with Crippen molar-refractivity contribution in [3.05, 3.63) is 101 Å². The Morgan fingerprint density at radius 2 is 1.58 bits per heavy atom. The van der Waals surface area contributed by atoms with E-state index in [1.807, 2.05) is 24.3 Å². The number of carbonyl (C=O) groups is 3. The maximum atomic E-state index is 14.4. The predicted octanol–water partition coefficient (Wildman–Crippen LogP) is 5.42. The van der Waals surface area contributed by atoms with Crippen molar-refractivity contribution in [3.63, 3.8) is 0 Å². The van der Waals surface area contributed by atoms with Crippen LogP contribution in [0.15, 0.2) is 88.4 Å².